The Morgan fingerprint density at radius 2 is 1.68 bits per heavy atom. The van der Waals surface area contributed by atoms with Gasteiger partial charge in [0.05, 0.1) is 15.9 Å². The fraction of sp³-hybridized carbons (Fsp3) is 0.0769. The van der Waals surface area contributed by atoms with Gasteiger partial charge in [0.1, 0.15) is 5.69 Å². The van der Waals surface area contributed by atoms with Crippen LogP contribution in [0, 0.1) is 27.2 Å². The van der Waals surface area contributed by atoms with E-state index in [0.29, 0.717) is 5.56 Å². The Morgan fingerprint density at radius 3 is 2.23 bits per heavy atom. The Labute approximate surface area is 147 Å². The summed E-state index contributed by atoms with van der Waals surface area (Å²) in [4.78, 5) is 20.4. The molecule has 0 radical (unpaired) electrons. The molecule has 0 bridgehead atoms. The van der Waals surface area contributed by atoms with Crippen molar-refractivity contribution < 1.29 is 44.5 Å². The number of aryl methyl sites for hydroxylation is 1. The number of hydrogen-bond acceptors (Lipinski definition) is 6. The predicted molar refractivity (Wildman–Crippen MR) is 73.7 cm³/mol. The maximum Gasteiger partial charge on any atom is 1.00 e. The second-order valence-electron chi connectivity index (χ2n) is 4.29. The second kappa shape index (κ2) is 7.21. The third kappa shape index (κ3) is 3.73. The predicted octanol–water partition coefficient (Wildman–Crippen LogP) is -0.367. The van der Waals surface area contributed by atoms with E-state index >= 15 is 0 Å². The summed E-state index contributed by atoms with van der Waals surface area (Å²) in [5.74, 6) is -0.329. The summed E-state index contributed by atoms with van der Waals surface area (Å²) < 4.78 is 0. The molecule has 9 heteroatoms. The molecule has 0 atom stereocenters. The number of para-hydroxylation sites is 2. The zero-order chi connectivity index (χ0) is 15.6. The summed E-state index contributed by atoms with van der Waals surface area (Å²) in [7, 11) is 0. The summed E-state index contributed by atoms with van der Waals surface area (Å²) in [5, 5.41) is 36.2. The molecular weight excluding hydrogens is 301 g/mol. The molecule has 1 N–H and O–H groups in total. The van der Waals surface area contributed by atoms with Crippen molar-refractivity contribution >= 4 is 22.7 Å². The van der Waals surface area contributed by atoms with Crippen molar-refractivity contribution in [2.45, 2.75) is 6.92 Å². The summed E-state index contributed by atoms with van der Waals surface area (Å²) in [5.41, 5.74) is -0.296. The molecule has 22 heavy (non-hydrogen) atoms. The molecule has 0 spiro atoms. The van der Waals surface area contributed by atoms with Gasteiger partial charge in [-0.2, -0.15) is 0 Å². The van der Waals surface area contributed by atoms with E-state index in [9.17, 15) is 25.3 Å². The van der Waals surface area contributed by atoms with Crippen molar-refractivity contribution in [1.29, 1.82) is 0 Å². The van der Waals surface area contributed by atoms with E-state index in [1.54, 1.807) is 12.1 Å². The van der Waals surface area contributed by atoms with Gasteiger partial charge in [-0.15, -0.1) is 0 Å². The van der Waals surface area contributed by atoms with Gasteiger partial charge in [-0.3, -0.25) is 20.2 Å². The van der Waals surface area contributed by atoms with Crippen LogP contribution in [-0.4, -0.2) is 9.85 Å². The molecule has 0 aromatic heterocycles. The average Bonchev–Trinajstić information content (AvgIpc) is 2.42. The molecule has 0 heterocycles. The minimum absolute atomic E-state index is 0. The molecule has 2 aromatic rings. The fourth-order valence-electron chi connectivity index (χ4n) is 1.87. The third-order valence-corrected chi connectivity index (χ3v) is 2.85. The van der Waals surface area contributed by atoms with E-state index < -0.39 is 15.5 Å². The summed E-state index contributed by atoms with van der Waals surface area (Å²) in [6, 6.07) is 8.02. The van der Waals surface area contributed by atoms with Crippen molar-refractivity contribution in [3.05, 3.63) is 62.2 Å². The van der Waals surface area contributed by atoms with E-state index in [1.165, 1.54) is 25.1 Å². The topological polar surface area (TPSA) is 121 Å². The fourth-order valence-corrected chi connectivity index (χ4v) is 1.87. The Balaban J connectivity index is 0.00000242. The van der Waals surface area contributed by atoms with Crippen LogP contribution in [0.3, 0.4) is 0 Å². The molecule has 0 saturated carbocycles. The Hall–Kier alpha value is -2.16. The van der Waals surface area contributed by atoms with E-state index in [-0.39, 0.29) is 52.4 Å². The van der Waals surface area contributed by atoms with Crippen LogP contribution in [0.2, 0.25) is 0 Å². The molecule has 0 aliphatic heterocycles. The van der Waals surface area contributed by atoms with Crippen molar-refractivity contribution in [2.24, 2.45) is 0 Å². The van der Waals surface area contributed by atoms with Gasteiger partial charge in [0.2, 0.25) is 0 Å². The van der Waals surface area contributed by atoms with Crippen molar-refractivity contribution in [2.75, 3.05) is 5.32 Å². The van der Waals surface area contributed by atoms with Gasteiger partial charge in [0.15, 0.2) is 0 Å². The van der Waals surface area contributed by atoms with Crippen LogP contribution in [-0.2, 0) is 0 Å². The van der Waals surface area contributed by atoms with Crippen LogP contribution < -0.4 is 40.0 Å². The first kappa shape index (κ1) is 17.9. The van der Waals surface area contributed by atoms with Gasteiger partial charge in [-0.1, -0.05) is 23.9 Å². The molecule has 0 unspecified atom stereocenters. The third-order valence-electron chi connectivity index (χ3n) is 2.85. The first-order valence-electron chi connectivity index (χ1n) is 5.86. The molecule has 8 nitrogen and oxygen atoms in total. The smallest absolute Gasteiger partial charge is 0.871 e. The van der Waals surface area contributed by atoms with E-state index in [0.717, 1.165) is 6.07 Å². The zero-order valence-corrected chi connectivity index (χ0v) is 13.9. The summed E-state index contributed by atoms with van der Waals surface area (Å²) in [6.45, 7) is 1.50. The summed E-state index contributed by atoms with van der Waals surface area (Å²) >= 11 is 0. The molecule has 0 amide bonds. The Bertz CT molecular complexity index is 736. The normalized spacial score (nSPS) is 9.68. The van der Waals surface area contributed by atoms with Gasteiger partial charge in [0.25, 0.3) is 11.4 Å². The Morgan fingerprint density at radius 1 is 1.05 bits per heavy atom. The minimum atomic E-state index is -0.726. The molecule has 0 fully saturated rings. The number of rotatable bonds is 4. The number of nitrogens with one attached hydrogen (secondary N) is 1. The van der Waals surface area contributed by atoms with Crippen molar-refractivity contribution in [3.63, 3.8) is 0 Å². The molecule has 2 aromatic carbocycles. The van der Waals surface area contributed by atoms with Crippen LogP contribution in [0.15, 0.2) is 36.4 Å². The van der Waals surface area contributed by atoms with Crippen LogP contribution >= 0.6 is 0 Å². The van der Waals surface area contributed by atoms with Gasteiger partial charge in [0, 0.05) is 11.8 Å². The zero-order valence-electron chi connectivity index (χ0n) is 11.9. The Kier molecular flexibility index (Phi) is 5.86. The first-order chi connectivity index (χ1) is 9.90. The van der Waals surface area contributed by atoms with Crippen molar-refractivity contribution in [3.8, 4) is 5.75 Å². The molecule has 108 valence electrons. The average molecular weight is 311 g/mol. The maximum absolute atomic E-state index is 11.7. The van der Waals surface area contributed by atoms with Crippen LogP contribution in [0.4, 0.5) is 22.7 Å². The van der Waals surface area contributed by atoms with E-state index in [1.807, 2.05) is 0 Å². The van der Waals surface area contributed by atoms with Gasteiger partial charge < -0.3 is 10.4 Å². The van der Waals surface area contributed by atoms with Crippen molar-refractivity contribution in [1.82, 2.24) is 0 Å². The van der Waals surface area contributed by atoms with Gasteiger partial charge in [-0.25, -0.2) is 0 Å². The number of nitrogens with zero attached hydrogens (tertiary/aromatic N) is 2. The number of hydrogen-bond donors (Lipinski definition) is 1. The second-order valence-corrected chi connectivity index (χ2v) is 4.29. The van der Waals surface area contributed by atoms with Crippen LogP contribution in [0.5, 0.6) is 5.75 Å². The van der Waals surface area contributed by atoms with E-state index in [4.69, 9.17) is 0 Å². The van der Waals surface area contributed by atoms with E-state index in [2.05, 4.69) is 5.32 Å². The SMILES string of the molecule is Cc1cc([N+](=O)[O-])cc([N+](=O)[O-])c1Nc1ccccc1[O-].[Na+]. The van der Waals surface area contributed by atoms with Gasteiger partial charge in [-0.05, 0) is 18.6 Å². The number of nitro benzene ring substituents is 2. The minimum Gasteiger partial charge on any atom is -0.871 e. The monoisotopic (exact) mass is 311 g/mol. The molecule has 0 saturated heterocycles. The molecule has 0 aliphatic rings. The molecule has 2 rings (SSSR count). The number of benzene rings is 2. The quantitative estimate of drug-likeness (QED) is 0.467. The summed E-state index contributed by atoms with van der Waals surface area (Å²) in [6.07, 6.45) is 0. The molecular formula is C13H10N3NaO5. The standard InChI is InChI=1S/C13H11N3O5.Na/c1-8-6-9(15(18)19)7-11(16(20)21)13(8)14-10-4-2-3-5-12(10)17;/h2-7,14,17H,1H3;/q;+1/p-1. The maximum atomic E-state index is 11.7. The largest absolute Gasteiger partial charge is 1.00 e. The number of nitro groups is 2. The number of non-ortho nitro benzene ring substituents is 1. The number of anilines is 2. The van der Waals surface area contributed by atoms with Crippen LogP contribution in [0.25, 0.3) is 0 Å². The van der Waals surface area contributed by atoms with Crippen LogP contribution in [0.1, 0.15) is 5.56 Å². The van der Waals surface area contributed by atoms with Gasteiger partial charge >= 0.3 is 29.6 Å². The molecule has 0 aliphatic carbocycles. The first-order valence-corrected chi connectivity index (χ1v) is 5.86.